The Morgan fingerprint density at radius 2 is 2.00 bits per heavy atom. The molecule has 1 saturated heterocycles. The molecule has 122 valence electrons. The third kappa shape index (κ3) is 3.40. The minimum Gasteiger partial charge on any atom is -0.495 e. The average molecular weight is 305 g/mol. The molecule has 1 aliphatic heterocycles. The number of likely N-dealkylation sites (tertiary alicyclic amines) is 1. The largest absolute Gasteiger partial charge is 0.495 e. The van der Waals surface area contributed by atoms with Crippen molar-refractivity contribution in [1.29, 1.82) is 0 Å². The van der Waals surface area contributed by atoms with E-state index in [1.54, 1.807) is 19.5 Å². The molecule has 2 heterocycles. The smallest absolute Gasteiger partial charge is 0.237 e. The number of carbonyl (C=O) groups is 1. The predicted octanol–water partition coefficient (Wildman–Crippen LogP) is 2.53. The Hall–Kier alpha value is -1.62. The van der Waals surface area contributed by atoms with Gasteiger partial charge in [-0.2, -0.15) is 0 Å². The molecule has 0 bridgehead atoms. The second kappa shape index (κ2) is 7.09. The number of carbonyl (C=O) groups excluding carboxylic acids is 1. The quantitative estimate of drug-likeness (QED) is 0.908. The molecule has 1 aromatic heterocycles. The molecule has 1 N–H and O–H groups in total. The summed E-state index contributed by atoms with van der Waals surface area (Å²) < 4.78 is 5.32. The molecule has 0 aliphatic carbocycles. The van der Waals surface area contributed by atoms with E-state index in [4.69, 9.17) is 4.74 Å². The van der Waals surface area contributed by atoms with E-state index >= 15 is 0 Å². The number of amides is 1. The Morgan fingerprint density at radius 1 is 1.36 bits per heavy atom. The molecule has 1 aliphatic rings. The zero-order valence-corrected chi connectivity index (χ0v) is 14.2. The van der Waals surface area contributed by atoms with Crippen LogP contribution in [0.5, 0.6) is 5.75 Å². The van der Waals surface area contributed by atoms with E-state index in [9.17, 15) is 4.79 Å². The summed E-state index contributed by atoms with van der Waals surface area (Å²) in [7, 11) is 1.62. The van der Waals surface area contributed by atoms with E-state index < -0.39 is 0 Å². The van der Waals surface area contributed by atoms with E-state index in [0.717, 1.165) is 18.4 Å². The third-order valence-corrected chi connectivity index (χ3v) is 4.71. The monoisotopic (exact) mass is 305 g/mol. The van der Waals surface area contributed by atoms with Crippen LogP contribution in [0.4, 0.5) is 0 Å². The van der Waals surface area contributed by atoms with E-state index in [0.29, 0.717) is 17.8 Å². The molecular weight excluding hydrogens is 278 g/mol. The molecule has 0 radical (unpaired) electrons. The van der Waals surface area contributed by atoms with Crippen molar-refractivity contribution in [2.75, 3.05) is 7.11 Å². The van der Waals surface area contributed by atoms with Gasteiger partial charge in [-0.15, -0.1) is 0 Å². The maximum Gasteiger partial charge on any atom is 0.237 e. The van der Waals surface area contributed by atoms with Crippen LogP contribution in [0.1, 0.15) is 52.1 Å². The lowest BCUT2D eigenvalue weighted by Gasteiger charge is -2.32. The first kappa shape index (κ1) is 16.7. The van der Waals surface area contributed by atoms with E-state index in [-0.39, 0.29) is 18.0 Å². The van der Waals surface area contributed by atoms with Crippen LogP contribution in [0.15, 0.2) is 18.5 Å². The van der Waals surface area contributed by atoms with Crippen molar-refractivity contribution in [3.8, 4) is 5.75 Å². The molecule has 0 saturated carbocycles. The Bertz CT molecular complexity index is 510. The van der Waals surface area contributed by atoms with Gasteiger partial charge in [-0.05, 0) is 46.6 Å². The van der Waals surface area contributed by atoms with Crippen molar-refractivity contribution in [1.82, 2.24) is 15.2 Å². The van der Waals surface area contributed by atoms with Crippen LogP contribution in [-0.4, -0.2) is 41.0 Å². The number of methoxy groups -OCH3 is 1. The van der Waals surface area contributed by atoms with Crippen LogP contribution >= 0.6 is 0 Å². The zero-order chi connectivity index (χ0) is 16.3. The highest BCUT2D eigenvalue weighted by atomic mass is 16.5. The van der Waals surface area contributed by atoms with Crippen molar-refractivity contribution >= 4 is 5.91 Å². The number of nitrogens with one attached hydrogen (secondary N) is 1. The predicted molar refractivity (Wildman–Crippen MR) is 86.8 cm³/mol. The van der Waals surface area contributed by atoms with E-state index in [1.807, 2.05) is 19.9 Å². The summed E-state index contributed by atoms with van der Waals surface area (Å²) in [6, 6.07) is 2.57. The summed E-state index contributed by atoms with van der Waals surface area (Å²) in [6.07, 6.45) is 5.71. The van der Waals surface area contributed by atoms with E-state index in [2.05, 4.69) is 29.0 Å². The van der Waals surface area contributed by atoms with Gasteiger partial charge in [0.25, 0.3) is 0 Å². The minimum atomic E-state index is -0.122. The first-order chi connectivity index (χ1) is 10.5. The van der Waals surface area contributed by atoms with Gasteiger partial charge in [-0.25, -0.2) is 0 Å². The summed E-state index contributed by atoms with van der Waals surface area (Å²) in [6.45, 7) is 8.36. The Kier molecular flexibility index (Phi) is 5.40. The summed E-state index contributed by atoms with van der Waals surface area (Å²) in [4.78, 5) is 19.0. The molecule has 0 aromatic carbocycles. The number of rotatable bonds is 5. The Balaban J connectivity index is 2.04. The summed E-state index contributed by atoms with van der Waals surface area (Å²) >= 11 is 0. The number of nitrogens with zero attached hydrogens (tertiary/aromatic N) is 2. The standard InChI is InChI=1S/C17H27N3O2/c1-11-6-7-12(2)20(11)14(4)17(21)19-13(3)15-8-9-18-10-16(15)22-5/h8-14H,6-7H2,1-5H3,(H,19,21)/t11-,12+,13-,14+/m0/s1. The molecule has 1 amide bonds. The normalized spacial score (nSPS) is 24.8. The van der Waals surface area contributed by atoms with Crippen LogP contribution in [0, 0.1) is 0 Å². The first-order valence-electron chi connectivity index (χ1n) is 8.01. The van der Waals surface area contributed by atoms with Crippen LogP contribution in [0.2, 0.25) is 0 Å². The van der Waals surface area contributed by atoms with Crippen molar-refractivity contribution in [3.05, 3.63) is 24.0 Å². The zero-order valence-electron chi connectivity index (χ0n) is 14.2. The molecular formula is C17H27N3O2. The van der Waals surface area contributed by atoms with Crippen LogP contribution in [0.3, 0.4) is 0 Å². The highest BCUT2D eigenvalue weighted by molar-refractivity contribution is 5.82. The van der Waals surface area contributed by atoms with Gasteiger partial charge in [0.05, 0.1) is 25.4 Å². The SMILES string of the molecule is COc1cnccc1[C@H](C)NC(=O)[C@@H](C)N1[C@H](C)CC[C@@H]1C. The van der Waals surface area contributed by atoms with E-state index in [1.165, 1.54) is 0 Å². The fourth-order valence-corrected chi connectivity index (χ4v) is 3.44. The summed E-state index contributed by atoms with van der Waals surface area (Å²) in [5, 5.41) is 3.10. The number of aromatic nitrogens is 1. The number of ether oxygens (including phenoxy) is 1. The summed E-state index contributed by atoms with van der Waals surface area (Å²) in [5.41, 5.74) is 0.945. The second-order valence-corrected chi connectivity index (χ2v) is 6.25. The number of pyridine rings is 1. The lowest BCUT2D eigenvalue weighted by molar-refractivity contribution is -0.127. The van der Waals surface area contributed by atoms with Gasteiger partial charge in [0.2, 0.25) is 5.91 Å². The fourth-order valence-electron chi connectivity index (χ4n) is 3.44. The van der Waals surface area contributed by atoms with Crippen LogP contribution < -0.4 is 10.1 Å². The molecule has 1 fully saturated rings. The Labute approximate surface area is 133 Å². The number of hydrogen-bond acceptors (Lipinski definition) is 4. The molecule has 0 spiro atoms. The van der Waals surface area contributed by atoms with Crippen molar-refractivity contribution < 1.29 is 9.53 Å². The van der Waals surface area contributed by atoms with Crippen molar-refractivity contribution in [3.63, 3.8) is 0 Å². The lowest BCUT2D eigenvalue weighted by atomic mass is 10.1. The van der Waals surface area contributed by atoms with Gasteiger partial charge in [-0.3, -0.25) is 14.7 Å². The van der Waals surface area contributed by atoms with Gasteiger partial charge < -0.3 is 10.1 Å². The van der Waals surface area contributed by atoms with Crippen LogP contribution in [0.25, 0.3) is 0 Å². The van der Waals surface area contributed by atoms with Crippen molar-refractivity contribution in [2.45, 2.75) is 64.7 Å². The van der Waals surface area contributed by atoms with Gasteiger partial charge in [0.15, 0.2) is 0 Å². The summed E-state index contributed by atoms with van der Waals surface area (Å²) in [5.74, 6) is 0.762. The lowest BCUT2D eigenvalue weighted by Crippen LogP contribution is -2.49. The Morgan fingerprint density at radius 3 is 2.59 bits per heavy atom. The minimum absolute atomic E-state index is 0.0620. The fraction of sp³-hybridized carbons (Fsp3) is 0.647. The maximum atomic E-state index is 12.6. The first-order valence-corrected chi connectivity index (χ1v) is 8.01. The highest BCUT2D eigenvalue weighted by Crippen LogP contribution is 2.27. The number of hydrogen-bond donors (Lipinski definition) is 1. The van der Waals surface area contributed by atoms with Gasteiger partial charge in [0, 0.05) is 23.8 Å². The molecule has 1 aromatic rings. The van der Waals surface area contributed by atoms with Gasteiger partial charge in [-0.1, -0.05) is 0 Å². The molecule has 22 heavy (non-hydrogen) atoms. The van der Waals surface area contributed by atoms with Gasteiger partial charge >= 0.3 is 0 Å². The van der Waals surface area contributed by atoms with Gasteiger partial charge in [0.1, 0.15) is 5.75 Å². The molecule has 4 atom stereocenters. The van der Waals surface area contributed by atoms with Crippen LogP contribution in [-0.2, 0) is 4.79 Å². The molecule has 2 rings (SSSR count). The third-order valence-electron chi connectivity index (χ3n) is 4.71. The second-order valence-electron chi connectivity index (χ2n) is 6.25. The highest BCUT2D eigenvalue weighted by Gasteiger charge is 2.34. The molecule has 5 heteroatoms. The molecule has 5 nitrogen and oxygen atoms in total. The maximum absolute atomic E-state index is 12.6. The average Bonchev–Trinajstić information content (AvgIpc) is 2.85. The molecule has 0 unspecified atom stereocenters. The van der Waals surface area contributed by atoms with Crippen molar-refractivity contribution in [2.24, 2.45) is 0 Å². The topological polar surface area (TPSA) is 54.5 Å².